The van der Waals surface area contributed by atoms with Crippen LogP contribution < -0.4 is 10.6 Å². The second-order valence-electron chi connectivity index (χ2n) is 15.8. The molecule has 2 rings (SSSR count). The molecule has 2 aliphatic rings. The molecule has 12 nitrogen and oxygen atoms in total. The van der Waals surface area contributed by atoms with Gasteiger partial charge in [0, 0.05) is 38.8 Å². The molecule has 2 saturated heterocycles. The standard InChI is InChI=1S/C35H64N4O8/c1-12-15-18-27(28(40)44-25-21-32(4,5)38(33(6,7)22-25)46-30(42)36-19-16-13-2)29(41)45-26-23-34(8,9)39(35(10,11)24-26)47-31(43)37-20-17-14-3/h25-27H,12-24H2,1-11H3,(H,36,42)(H,37,43). The van der Waals surface area contributed by atoms with Crippen molar-refractivity contribution < 1.29 is 38.3 Å². The zero-order valence-electron chi connectivity index (χ0n) is 31.1. The summed E-state index contributed by atoms with van der Waals surface area (Å²) in [7, 11) is 0. The van der Waals surface area contributed by atoms with Crippen LogP contribution in [0.15, 0.2) is 0 Å². The number of nitrogens with zero attached hydrogens (tertiary/aromatic N) is 2. The molecule has 0 aromatic heterocycles. The van der Waals surface area contributed by atoms with Crippen LogP contribution in [0.4, 0.5) is 9.59 Å². The summed E-state index contributed by atoms with van der Waals surface area (Å²) in [5, 5.41) is 8.98. The maximum atomic E-state index is 13.7. The highest BCUT2D eigenvalue weighted by Gasteiger charge is 2.52. The van der Waals surface area contributed by atoms with Crippen molar-refractivity contribution in [1.29, 1.82) is 0 Å². The minimum atomic E-state index is -1.05. The van der Waals surface area contributed by atoms with Crippen molar-refractivity contribution in [3.05, 3.63) is 0 Å². The molecular weight excluding hydrogens is 604 g/mol. The summed E-state index contributed by atoms with van der Waals surface area (Å²) in [4.78, 5) is 63.9. The largest absolute Gasteiger partial charge is 0.462 e. The van der Waals surface area contributed by atoms with Crippen LogP contribution in [0.5, 0.6) is 0 Å². The Bertz CT molecular complexity index is 946. The van der Waals surface area contributed by atoms with Crippen LogP contribution in [0.25, 0.3) is 0 Å². The quantitative estimate of drug-likeness (QED) is 0.109. The first-order valence-corrected chi connectivity index (χ1v) is 17.7. The third kappa shape index (κ3) is 11.8. The number of unbranched alkanes of at least 4 members (excludes halogenated alkanes) is 3. The lowest BCUT2D eigenvalue weighted by atomic mass is 9.80. The molecule has 2 N–H and O–H groups in total. The van der Waals surface area contributed by atoms with Gasteiger partial charge in [-0.1, -0.05) is 46.5 Å². The maximum absolute atomic E-state index is 13.7. The number of amides is 2. The number of carbonyl (C=O) groups excluding carboxylic acids is 4. The van der Waals surface area contributed by atoms with Crippen molar-refractivity contribution in [3.8, 4) is 0 Å². The molecule has 2 fully saturated rings. The molecule has 0 bridgehead atoms. The topological polar surface area (TPSA) is 136 Å². The van der Waals surface area contributed by atoms with Gasteiger partial charge in [-0.3, -0.25) is 9.59 Å². The molecule has 0 atom stereocenters. The first-order chi connectivity index (χ1) is 21.8. The lowest BCUT2D eigenvalue weighted by Gasteiger charge is -2.52. The van der Waals surface area contributed by atoms with E-state index in [1.807, 2.05) is 62.3 Å². The number of ether oxygens (including phenoxy) is 2. The highest BCUT2D eigenvalue weighted by molar-refractivity contribution is 5.95. The molecule has 0 unspecified atom stereocenters. The van der Waals surface area contributed by atoms with Crippen molar-refractivity contribution in [1.82, 2.24) is 20.8 Å². The van der Waals surface area contributed by atoms with Gasteiger partial charge in [0.1, 0.15) is 12.2 Å². The second kappa shape index (κ2) is 17.2. The monoisotopic (exact) mass is 668 g/mol. The van der Waals surface area contributed by atoms with Gasteiger partial charge in [-0.15, -0.1) is 10.1 Å². The molecule has 0 radical (unpaired) electrons. The van der Waals surface area contributed by atoms with E-state index in [4.69, 9.17) is 19.1 Å². The van der Waals surface area contributed by atoms with Crippen LogP contribution in [0, 0.1) is 5.92 Å². The maximum Gasteiger partial charge on any atom is 0.426 e. The summed E-state index contributed by atoms with van der Waals surface area (Å²) in [5.74, 6) is -2.23. The number of rotatable bonds is 15. The third-order valence-corrected chi connectivity index (χ3v) is 9.04. The molecule has 0 aromatic carbocycles. The lowest BCUT2D eigenvalue weighted by molar-refractivity contribution is -0.258. The number of hydrogen-bond donors (Lipinski definition) is 2. The average Bonchev–Trinajstić information content (AvgIpc) is 2.92. The Morgan fingerprint density at radius 3 is 1.21 bits per heavy atom. The molecule has 2 aliphatic heterocycles. The number of hydrogen-bond acceptors (Lipinski definition) is 10. The van der Waals surface area contributed by atoms with E-state index in [-0.39, 0.29) is 0 Å². The van der Waals surface area contributed by atoms with Gasteiger partial charge in [0.25, 0.3) is 0 Å². The fourth-order valence-electron chi connectivity index (χ4n) is 7.20. The first kappa shape index (κ1) is 40.6. The molecular formula is C35H64N4O8. The van der Waals surface area contributed by atoms with E-state index in [1.54, 1.807) is 10.1 Å². The molecule has 2 amide bonds. The van der Waals surface area contributed by atoms with E-state index < -0.39 is 64.4 Å². The highest BCUT2D eigenvalue weighted by Crippen LogP contribution is 2.42. The van der Waals surface area contributed by atoms with Gasteiger partial charge in [-0.2, -0.15) is 0 Å². The molecule has 0 aromatic rings. The van der Waals surface area contributed by atoms with Crippen LogP contribution in [-0.4, -0.2) is 81.7 Å². The number of hydroxylamine groups is 4. The summed E-state index contributed by atoms with van der Waals surface area (Å²) in [6, 6.07) is 0. The normalized spacial score (nSPS) is 21.1. The summed E-state index contributed by atoms with van der Waals surface area (Å²) < 4.78 is 12.1. The Morgan fingerprint density at radius 1 is 0.596 bits per heavy atom. The van der Waals surface area contributed by atoms with Gasteiger partial charge in [0.15, 0.2) is 5.92 Å². The van der Waals surface area contributed by atoms with Crippen molar-refractivity contribution in [2.24, 2.45) is 5.92 Å². The Balaban J connectivity index is 2.10. The minimum Gasteiger partial charge on any atom is -0.462 e. The Kier molecular flexibility index (Phi) is 14.8. The smallest absolute Gasteiger partial charge is 0.426 e. The van der Waals surface area contributed by atoms with Gasteiger partial charge >= 0.3 is 24.1 Å². The van der Waals surface area contributed by atoms with Gasteiger partial charge in [-0.25, -0.2) is 9.59 Å². The third-order valence-electron chi connectivity index (χ3n) is 9.04. The summed E-state index contributed by atoms with van der Waals surface area (Å²) >= 11 is 0. The fourth-order valence-corrected chi connectivity index (χ4v) is 7.20. The van der Waals surface area contributed by atoms with E-state index in [1.165, 1.54) is 0 Å². The van der Waals surface area contributed by atoms with E-state index in [2.05, 4.69) is 24.5 Å². The highest BCUT2D eigenvalue weighted by atomic mass is 16.7. The van der Waals surface area contributed by atoms with E-state index in [0.717, 1.165) is 32.1 Å². The van der Waals surface area contributed by atoms with E-state index in [0.29, 0.717) is 51.6 Å². The Labute approximate surface area is 283 Å². The number of esters is 2. The number of nitrogens with one attached hydrogen (secondary N) is 2. The van der Waals surface area contributed by atoms with Crippen molar-refractivity contribution >= 4 is 24.1 Å². The summed E-state index contributed by atoms with van der Waals surface area (Å²) in [6.07, 6.45) is 5.19. The number of carbonyl (C=O) groups is 4. The fraction of sp³-hybridized carbons (Fsp3) is 0.886. The molecule has 12 heteroatoms. The predicted molar refractivity (Wildman–Crippen MR) is 180 cm³/mol. The van der Waals surface area contributed by atoms with Crippen molar-refractivity contribution in [2.45, 2.75) is 181 Å². The lowest BCUT2D eigenvalue weighted by Crippen LogP contribution is -2.63. The van der Waals surface area contributed by atoms with Gasteiger partial charge in [0.2, 0.25) is 0 Å². The molecule has 0 saturated carbocycles. The van der Waals surface area contributed by atoms with Gasteiger partial charge < -0.3 is 29.8 Å². The molecule has 272 valence electrons. The second-order valence-corrected chi connectivity index (χ2v) is 15.8. The van der Waals surface area contributed by atoms with Crippen LogP contribution in [0.1, 0.15) is 147 Å². The van der Waals surface area contributed by atoms with E-state index >= 15 is 0 Å². The minimum absolute atomic E-state index is 0.327. The summed E-state index contributed by atoms with van der Waals surface area (Å²) in [6.45, 7) is 22.8. The molecule has 0 spiro atoms. The van der Waals surface area contributed by atoms with Gasteiger partial charge in [0.05, 0.1) is 22.2 Å². The van der Waals surface area contributed by atoms with Gasteiger partial charge in [-0.05, 0) is 74.7 Å². The van der Waals surface area contributed by atoms with Crippen LogP contribution in [0.2, 0.25) is 0 Å². The first-order valence-electron chi connectivity index (χ1n) is 17.7. The van der Waals surface area contributed by atoms with Crippen LogP contribution in [-0.2, 0) is 28.7 Å². The van der Waals surface area contributed by atoms with E-state index in [9.17, 15) is 19.2 Å². The average molecular weight is 669 g/mol. The zero-order valence-corrected chi connectivity index (χ0v) is 31.1. The Morgan fingerprint density at radius 2 is 0.915 bits per heavy atom. The van der Waals surface area contributed by atoms with Crippen molar-refractivity contribution in [3.63, 3.8) is 0 Å². The molecule has 47 heavy (non-hydrogen) atoms. The van der Waals surface area contributed by atoms with Crippen LogP contribution in [0.3, 0.4) is 0 Å². The predicted octanol–water partition coefficient (Wildman–Crippen LogP) is 6.81. The Hall–Kier alpha value is -2.60. The molecule has 2 heterocycles. The number of piperidine rings is 2. The van der Waals surface area contributed by atoms with Crippen molar-refractivity contribution in [2.75, 3.05) is 13.1 Å². The SMILES string of the molecule is CCCCNC(=O)ON1C(C)(C)CC(OC(=O)C(CCCC)C(=O)OC2CC(C)(C)N(OC(=O)NCCCC)C(C)(C)C2)CC1(C)C. The molecule has 0 aliphatic carbocycles. The summed E-state index contributed by atoms with van der Waals surface area (Å²) in [5.41, 5.74) is -2.52. The van der Waals surface area contributed by atoms with Crippen LogP contribution >= 0.6 is 0 Å². The zero-order chi connectivity index (χ0) is 35.6.